The van der Waals surface area contributed by atoms with Crippen molar-refractivity contribution >= 4 is 0 Å². The van der Waals surface area contributed by atoms with Gasteiger partial charge in [-0.05, 0) is 46.3 Å². The maximum atomic E-state index is 5.59. The molecular weight excluding hydrogens is 200 g/mol. The molecule has 90 valence electrons. The lowest BCUT2D eigenvalue weighted by Crippen LogP contribution is -2.37. The second kappa shape index (κ2) is 4.60. The summed E-state index contributed by atoms with van der Waals surface area (Å²) in [6, 6.07) is 2.16. The average molecular weight is 222 g/mol. The minimum Gasteiger partial charge on any atom is -0.468 e. The molecule has 0 atom stereocenters. The number of likely N-dealkylation sites (tertiary alicyclic amines) is 1. The van der Waals surface area contributed by atoms with Gasteiger partial charge in [-0.3, -0.25) is 4.90 Å². The smallest absolute Gasteiger partial charge is 0.118 e. The summed E-state index contributed by atoms with van der Waals surface area (Å²) in [6.07, 6.45) is 4.45. The molecule has 1 N–H and O–H groups in total. The molecule has 0 aromatic carbocycles. The molecule has 16 heavy (non-hydrogen) atoms. The first-order valence-electron chi connectivity index (χ1n) is 6.08. The Morgan fingerprint density at radius 2 is 2.31 bits per heavy atom. The first kappa shape index (κ1) is 11.7. The predicted molar refractivity (Wildman–Crippen MR) is 65.2 cm³/mol. The molecule has 0 spiro atoms. The van der Waals surface area contributed by atoms with Crippen LogP contribution >= 0.6 is 0 Å². The molecule has 0 radical (unpaired) electrons. The fourth-order valence-electron chi connectivity index (χ4n) is 2.45. The molecule has 3 nitrogen and oxygen atoms in total. The minimum atomic E-state index is 0.329. The van der Waals surface area contributed by atoms with E-state index in [1.54, 1.807) is 0 Å². The Morgan fingerprint density at radius 3 is 2.94 bits per heavy atom. The molecule has 0 unspecified atom stereocenters. The summed E-state index contributed by atoms with van der Waals surface area (Å²) in [5.74, 6) is 1.08. The lowest BCUT2D eigenvalue weighted by atomic mass is 10.0. The van der Waals surface area contributed by atoms with Crippen molar-refractivity contribution in [2.75, 3.05) is 13.6 Å². The molecule has 1 aliphatic heterocycles. The third-order valence-corrected chi connectivity index (χ3v) is 3.51. The van der Waals surface area contributed by atoms with E-state index in [-0.39, 0.29) is 0 Å². The van der Waals surface area contributed by atoms with Crippen LogP contribution in [0.2, 0.25) is 0 Å². The number of furan rings is 1. The standard InChI is InChI=1S/C13H22N2O/c1-13(2)5-4-6-15(13)9-12-7-11(8-14-3)10-16-12/h7,10,14H,4-6,8-9H2,1-3H3. The second-order valence-electron chi connectivity index (χ2n) is 5.29. The topological polar surface area (TPSA) is 28.4 Å². The summed E-state index contributed by atoms with van der Waals surface area (Å²) in [7, 11) is 1.95. The maximum Gasteiger partial charge on any atom is 0.118 e. The molecular formula is C13H22N2O. The lowest BCUT2D eigenvalue weighted by Gasteiger charge is -2.30. The van der Waals surface area contributed by atoms with Gasteiger partial charge in [-0.25, -0.2) is 0 Å². The van der Waals surface area contributed by atoms with Crippen LogP contribution in [0.3, 0.4) is 0 Å². The monoisotopic (exact) mass is 222 g/mol. The van der Waals surface area contributed by atoms with E-state index in [1.165, 1.54) is 24.9 Å². The predicted octanol–water partition coefficient (Wildman–Crippen LogP) is 2.37. The normalized spacial score (nSPS) is 20.4. The Balaban J connectivity index is 1.98. The first-order chi connectivity index (χ1) is 7.62. The van der Waals surface area contributed by atoms with E-state index in [0.29, 0.717) is 5.54 Å². The van der Waals surface area contributed by atoms with Crippen LogP contribution in [0.4, 0.5) is 0 Å². The SMILES string of the molecule is CNCc1coc(CN2CCCC2(C)C)c1. The highest BCUT2D eigenvalue weighted by molar-refractivity contribution is 5.13. The van der Waals surface area contributed by atoms with Crippen molar-refractivity contribution in [1.29, 1.82) is 0 Å². The van der Waals surface area contributed by atoms with Gasteiger partial charge < -0.3 is 9.73 Å². The van der Waals surface area contributed by atoms with Gasteiger partial charge in [-0.1, -0.05) is 0 Å². The van der Waals surface area contributed by atoms with Gasteiger partial charge in [0.1, 0.15) is 5.76 Å². The zero-order valence-electron chi connectivity index (χ0n) is 10.5. The molecule has 1 aromatic heterocycles. The van der Waals surface area contributed by atoms with E-state index in [4.69, 9.17) is 4.42 Å². The molecule has 1 saturated heterocycles. The minimum absolute atomic E-state index is 0.329. The summed E-state index contributed by atoms with van der Waals surface area (Å²) >= 11 is 0. The molecule has 0 bridgehead atoms. The van der Waals surface area contributed by atoms with Gasteiger partial charge in [0.2, 0.25) is 0 Å². The molecule has 0 aliphatic carbocycles. The number of rotatable bonds is 4. The van der Waals surface area contributed by atoms with Gasteiger partial charge in [-0.15, -0.1) is 0 Å². The molecule has 0 amide bonds. The van der Waals surface area contributed by atoms with E-state index in [1.807, 2.05) is 13.3 Å². The first-order valence-corrected chi connectivity index (χ1v) is 6.08. The van der Waals surface area contributed by atoms with Crippen molar-refractivity contribution < 1.29 is 4.42 Å². The van der Waals surface area contributed by atoms with Crippen LogP contribution in [0.1, 0.15) is 38.0 Å². The zero-order chi connectivity index (χ0) is 11.6. The van der Waals surface area contributed by atoms with Crippen LogP contribution in [0, 0.1) is 0 Å². The number of nitrogens with zero attached hydrogens (tertiary/aromatic N) is 1. The molecule has 1 fully saturated rings. The van der Waals surface area contributed by atoms with Crippen molar-refractivity contribution in [3.05, 3.63) is 23.7 Å². The Labute approximate surface area is 97.8 Å². The lowest BCUT2D eigenvalue weighted by molar-refractivity contribution is 0.154. The van der Waals surface area contributed by atoms with Gasteiger partial charge in [0.15, 0.2) is 0 Å². The average Bonchev–Trinajstić information content (AvgIpc) is 2.76. The van der Waals surface area contributed by atoms with Crippen LogP contribution in [0.15, 0.2) is 16.7 Å². The number of hydrogen-bond donors (Lipinski definition) is 1. The summed E-state index contributed by atoms with van der Waals surface area (Å²) in [6.45, 7) is 7.65. The van der Waals surface area contributed by atoms with Crippen LogP contribution in [0.25, 0.3) is 0 Å². The van der Waals surface area contributed by atoms with Crippen LogP contribution < -0.4 is 5.32 Å². The third kappa shape index (κ3) is 2.47. The summed E-state index contributed by atoms with van der Waals surface area (Å²) in [5, 5.41) is 3.13. The molecule has 1 aromatic rings. The van der Waals surface area contributed by atoms with E-state index in [2.05, 4.69) is 30.1 Å². The fourth-order valence-corrected chi connectivity index (χ4v) is 2.45. The van der Waals surface area contributed by atoms with E-state index < -0.39 is 0 Å². The molecule has 1 aliphatic rings. The summed E-state index contributed by atoms with van der Waals surface area (Å²) < 4.78 is 5.59. The van der Waals surface area contributed by atoms with E-state index in [0.717, 1.165) is 18.8 Å². The Kier molecular flexibility index (Phi) is 3.36. The second-order valence-corrected chi connectivity index (χ2v) is 5.29. The van der Waals surface area contributed by atoms with E-state index >= 15 is 0 Å². The van der Waals surface area contributed by atoms with Crippen LogP contribution in [-0.4, -0.2) is 24.0 Å². The molecule has 0 saturated carbocycles. The molecule has 2 rings (SSSR count). The largest absolute Gasteiger partial charge is 0.468 e. The third-order valence-electron chi connectivity index (χ3n) is 3.51. The number of nitrogens with one attached hydrogen (secondary N) is 1. The van der Waals surface area contributed by atoms with Crippen LogP contribution in [0.5, 0.6) is 0 Å². The maximum absolute atomic E-state index is 5.59. The van der Waals surface area contributed by atoms with Crippen molar-refractivity contribution in [2.24, 2.45) is 0 Å². The quantitative estimate of drug-likeness (QED) is 0.848. The van der Waals surface area contributed by atoms with Crippen LogP contribution in [-0.2, 0) is 13.1 Å². The Bertz CT molecular complexity index is 343. The summed E-state index contributed by atoms with van der Waals surface area (Å²) in [4.78, 5) is 2.51. The Hall–Kier alpha value is -0.800. The van der Waals surface area contributed by atoms with Gasteiger partial charge >= 0.3 is 0 Å². The summed E-state index contributed by atoms with van der Waals surface area (Å²) in [5.41, 5.74) is 1.56. The van der Waals surface area contributed by atoms with Gasteiger partial charge in [0, 0.05) is 17.6 Å². The van der Waals surface area contributed by atoms with Gasteiger partial charge in [-0.2, -0.15) is 0 Å². The van der Waals surface area contributed by atoms with E-state index in [9.17, 15) is 0 Å². The fraction of sp³-hybridized carbons (Fsp3) is 0.692. The van der Waals surface area contributed by atoms with Gasteiger partial charge in [0.25, 0.3) is 0 Å². The van der Waals surface area contributed by atoms with Crippen molar-refractivity contribution in [2.45, 2.75) is 45.3 Å². The van der Waals surface area contributed by atoms with Crippen molar-refractivity contribution in [1.82, 2.24) is 10.2 Å². The highest BCUT2D eigenvalue weighted by Gasteiger charge is 2.32. The molecule has 3 heteroatoms. The number of hydrogen-bond acceptors (Lipinski definition) is 3. The Morgan fingerprint density at radius 1 is 1.50 bits per heavy atom. The highest BCUT2D eigenvalue weighted by Crippen LogP contribution is 2.29. The van der Waals surface area contributed by atoms with Gasteiger partial charge in [0.05, 0.1) is 12.8 Å². The molecule has 2 heterocycles. The van der Waals surface area contributed by atoms with Crippen molar-refractivity contribution in [3.8, 4) is 0 Å². The zero-order valence-corrected chi connectivity index (χ0v) is 10.5. The van der Waals surface area contributed by atoms with Crippen molar-refractivity contribution in [3.63, 3.8) is 0 Å². The highest BCUT2D eigenvalue weighted by atomic mass is 16.3.